The number of piperazine rings is 1. The first kappa shape index (κ1) is 16.7. The first-order valence-corrected chi connectivity index (χ1v) is 9.41. The van der Waals surface area contributed by atoms with Crippen LogP contribution in [0.5, 0.6) is 0 Å². The van der Waals surface area contributed by atoms with E-state index in [1.54, 1.807) is 4.90 Å². The number of amides is 2. The second-order valence-electron chi connectivity index (χ2n) is 7.93. The van der Waals surface area contributed by atoms with Crippen molar-refractivity contribution in [2.45, 2.75) is 38.1 Å². The Bertz CT molecular complexity index is 654. The molecular weight excluding hydrogens is 314 g/mol. The SMILES string of the molecule is CN1CCN(CN2C(=O)CC3(CCCC3)C2=O)[C@H](c2ccccc2)C1. The summed E-state index contributed by atoms with van der Waals surface area (Å²) in [5.74, 6) is 0.110. The quantitative estimate of drug-likeness (QED) is 0.791. The fraction of sp³-hybridized carbons (Fsp3) is 0.600. The summed E-state index contributed by atoms with van der Waals surface area (Å²) in [5.41, 5.74) is 0.884. The Balaban J connectivity index is 1.54. The maximum absolute atomic E-state index is 13.0. The summed E-state index contributed by atoms with van der Waals surface area (Å²) in [6.07, 6.45) is 4.36. The van der Waals surface area contributed by atoms with Gasteiger partial charge in [-0.05, 0) is 25.5 Å². The number of likely N-dealkylation sites (N-methyl/N-ethyl adjacent to an activating group) is 1. The minimum atomic E-state index is -0.369. The van der Waals surface area contributed by atoms with Crippen LogP contribution in [0.3, 0.4) is 0 Å². The lowest BCUT2D eigenvalue weighted by molar-refractivity contribution is -0.145. The molecular formula is C20H27N3O2. The van der Waals surface area contributed by atoms with E-state index < -0.39 is 0 Å². The van der Waals surface area contributed by atoms with Crippen molar-refractivity contribution in [1.29, 1.82) is 0 Å². The molecule has 5 nitrogen and oxygen atoms in total. The normalized spacial score (nSPS) is 27.6. The smallest absolute Gasteiger partial charge is 0.237 e. The van der Waals surface area contributed by atoms with E-state index in [-0.39, 0.29) is 23.3 Å². The number of rotatable bonds is 3. The highest BCUT2D eigenvalue weighted by Crippen LogP contribution is 2.47. The van der Waals surface area contributed by atoms with Crippen LogP contribution in [0.15, 0.2) is 30.3 Å². The van der Waals surface area contributed by atoms with Gasteiger partial charge in [-0.15, -0.1) is 0 Å². The van der Waals surface area contributed by atoms with Crippen LogP contribution in [0.4, 0.5) is 0 Å². The van der Waals surface area contributed by atoms with Gasteiger partial charge in [-0.2, -0.15) is 0 Å². The van der Waals surface area contributed by atoms with E-state index in [1.165, 1.54) is 5.56 Å². The molecule has 1 aliphatic carbocycles. The van der Waals surface area contributed by atoms with Gasteiger partial charge in [0, 0.05) is 32.1 Å². The van der Waals surface area contributed by atoms with Gasteiger partial charge in [0.1, 0.15) is 0 Å². The predicted octanol–water partition coefficient (Wildman–Crippen LogP) is 2.25. The fourth-order valence-electron chi connectivity index (χ4n) is 4.74. The van der Waals surface area contributed by atoms with Crippen molar-refractivity contribution >= 4 is 11.8 Å². The zero-order valence-corrected chi connectivity index (χ0v) is 15.0. The number of hydrogen-bond donors (Lipinski definition) is 0. The van der Waals surface area contributed by atoms with Crippen molar-refractivity contribution in [2.75, 3.05) is 33.4 Å². The first-order valence-electron chi connectivity index (χ1n) is 9.41. The molecule has 5 heteroatoms. The number of nitrogens with zero attached hydrogens (tertiary/aromatic N) is 3. The maximum Gasteiger partial charge on any atom is 0.237 e. The molecule has 2 heterocycles. The van der Waals surface area contributed by atoms with Crippen LogP contribution >= 0.6 is 0 Å². The minimum absolute atomic E-state index is 0.0256. The molecule has 2 aliphatic heterocycles. The average Bonchev–Trinajstić information content (AvgIpc) is 3.18. The third kappa shape index (κ3) is 3.00. The van der Waals surface area contributed by atoms with Gasteiger partial charge < -0.3 is 4.90 Å². The Labute approximate surface area is 149 Å². The molecule has 0 N–H and O–H groups in total. The van der Waals surface area contributed by atoms with Crippen LogP contribution in [0.1, 0.15) is 43.7 Å². The van der Waals surface area contributed by atoms with Gasteiger partial charge in [0.15, 0.2) is 0 Å². The fourth-order valence-corrected chi connectivity index (χ4v) is 4.74. The number of likely N-dealkylation sites (tertiary alicyclic amines) is 1. The van der Waals surface area contributed by atoms with Crippen LogP contribution in [0.25, 0.3) is 0 Å². The van der Waals surface area contributed by atoms with E-state index >= 15 is 0 Å². The molecule has 1 atom stereocenters. The molecule has 0 bridgehead atoms. The molecule has 1 aromatic rings. The van der Waals surface area contributed by atoms with Gasteiger partial charge in [-0.1, -0.05) is 43.2 Å². The highest BCUT2D eigenvalue weighted by molar-refractivity contribution is 6.06. The van der Waals surface area contributed by atoms with Crippen LogP contribution in [0.2, 0.25) is 0 Å². The van der Waals surface area contributed by atoms with Crippen molar-refractivity contribution in [2.24, 2.45) is 5.41 Å². The maximum atomic E-state index is 13.0. The largest absolute Gasteiger partial charge is 0.303 e. The number of hydrogen-bond acceptors (Lipinski definition) is 4. The molecule has 0 aromatic heterocycles. The number of imide groups is 1. The Hall–Kier alpha value is -1.72. The topological polar surface area (TPSA) is 43.9 Å². The summed E-state index contributed by atoms with van der Waals surface area (Å²) < 4.78 is 0. The lowest BCUT2D eigenvalue weighted by atomic mass is 9.85. The summed E-state index contributed by atoms with van der Waals surface area (Å²) in [6.45, 7) is 3.20. The third-order valence-electron chi connectivity index (χ3n) is 6.25. The predicted molar refractivity (Wildman–Crippen MR) is 95.6 cm³/mol. The van der Waals surface area contributed by atoms with Gasteiger partial charge in [0.2, 0.25) is 11.8 Å². The van der Waals surface area contributed by atoms with Crippen LogP contribution in [-0.4, -0.2) is 59.9 Å². The van der Waals surface area contributed by atoms with Gasteiger partial charge in [-0.25, -0.2) is 0 Å². The second kappa shape index (κ2) is 6.54. The molecule has 134 valence electrons. The van der Waals surface area contributed by atoms with Crippen molar-refractivity contribution in [3.63, 3.8) is 0 Å². The van der Waals surface area contributed by atoms with Gasteiger partial charge in [0.25, 0.3) is 0 Å². The Kier molecular flexibility index (Phi) is 4.38. The minimum Gasteiger partial charge on any atom is -0.303 e. The summed E-state index contributed by atoms with van der Waals surface area (Å²) in [5, 5.41) is 0. The van der Waals surface area contributed by atoms with Crippen LogP contribution in [-0.2, 0) is 9.59 Å². The van der Waals surface area contributed by atoms with Crippen molar-refractivity contribution < 1.29 is 9.59 Å². The Morgan fingerprint density at radius 2 is 1.80 bits per heavy atom. The van der Waals surface area contributed by atoms with Crippen molar-refractivity contribution in [3.8, 4) is 0 Å². The van der Waals surface area contributed by atoms with Gasteiger partial charge in [0.05, 0.1) is 12.1 Å². The molecule has 2 amide bonds. The number of benzene rings is 1. The first-order chi connectivity index (χ1) is 12.1. The third-order valence-corrected chi connectivity index (χ3v) is 6.25. The van der Waals surface area contributed by atoms with Gasteiger partial charge in [-0.3, -0.25) is 19.4 Å². The Morgan fingerprint density at radius 3 is 2.52 bits per heavy atom. The van der Waals surface area contributed by atoms with Gasteiger partial charge >= 0.3 is 0 Å². The average molecular weight is 341 g/mol. The molecule has 25 heavy (non-hydrogen) atoms. The van der Waals surface area contributed by atoms with E-state index in [1.807, 2.05) is 6.07 Å². The number of carbonyl (C=O) groups excluding carboxylic acids is 2. The lowest BCUT2D eigenvalue weighted by Gasteiger charge is -2.41. The molecule has 1 saturated carbocycles. The lowest BCUT2D eigenvalue weighted by Crippen LogP contribution is -2.52. The van der Waals surface area contributed by atoms with E-state index in [0.29, 0.717) is 13.1 Å². The van der Waals surface area contributed by atoms with E-state index in [0.717, 1.165) is 45.3 Å². The molecule has 1 spiro atoms. The molecule has 4 rings (SSSR count). The monoisotopic (exact) mass is 341 g/mol. The van der Waals surface area contributed by atoms with E-state index in [9.17, 15) is 9.59 Å². The summed E-state index contributed by atoms with van der Waals surface area (Å²) in [4.78, 5) is 31.8. The van der Waals surface area contributed by atoms with E-state index in [4.69, 9.17) is 0 Å². The van der Waals surface area contributed by atoms with Crippen LogP contribution in [0, 0.1) is 5.41 Å². The zero-order valence-electron chi connectivity index (χ0n) is 15.0. The van der Waals surface area contributed by atoms with Crippen LogP contribution < -0.4 is 0 Å². The molecule has 3 fully saturated rings. The van der Waals surface area contributed by atoms with Crippen molar-refractivity contribution in [1.82, 2.24) is 14.7 Å². The highest BCUT2D eigenvalue weighted by atomic mass is 16.2. The second-order valence-corrected chi connectivity index (χ2v) is 7.93. The molecule has 0 unspecified atom stereocenters. The van der Waals surface area contributed by atoms with E-state index in [2.05, 4.69) is 41.1 Å². The zero-order chi connectivity index (χ0) is 17.4. The highest BCUT2D eigenvalue weighted by Gasteiger charge is 2.53. The summed E-state index contributed by atoms with van der Waals surface area (Å²) in [6, 6.07) is 10.6. The molecule has 3 aliphatic rings. The number of carbonyl (C=O) groups is 2. The van der Waals surface area contributed by atoms with Crippen molar-refractivity contribution in [3.05, 3.63) is 35.9 Å². The standard InChI is InChI=1S/C20H27N3O2/c1-21-11-12-22(17(14-21)16-7-3-2-4-8-16)15-23-18(24)13-20(19(23)25)9-5-6-10-20/h2-4,7-8,17H,5-6,9-15H2,1H3/t17-/m0/s1. The summed E-state index contributed by atoms with van der Waals surface area (Å²) in [7, 11) is 2.13. The molecule has 1 aromatic carbocycles. The summed E-state index contributed by atoms with van der Waals surface area (Å²) >= 11 is 0. The molecule has 0 radical (unpaired) electrons. The molecule has 2 saturated heterocycles. The Morgan fingerprint density at radius 1 is 1.08 bits per heavy atom.